The van der Waals surface area contributed by atoms with E-state index in [1.807, 2.05) is 42.8 Å². The third-order valence-corrected chi connectivity index (χ3v) is 5.31. The maximum atomic E-state index is 4.34. The van der Waals surface area contributed by atoms with E-state index in [2.05, 4.69) is 40.4 Å². The first-order valence-corrected chi connectivity index (χ1v) is 8.42. The Hall–Kier alpha value is -2.07. The molecule has 0 saturated heterocycles. The Labute approximate surface area is 134 Å². The highest BCUT2D eigenvalue weighted by Crippen LogP contribution is 2.44. The molecule has 0 bridgehead atoms. The number of aryl methyl sites for hydroxylation is 2. The van der Waals surface area contributed by atoms with Crippen molar-refractivity contribution >= 4 is 33.1 Å². The van der Waals surface area contributed by atoms with Gasteiger partial charge >= 0.3 is 0 Å². The summed E-state index contributed by atoms with van der Waals surface area (Å²) in [5, 5.41) is 5.53. The van der Waals surface area contributed by atoms with Crippen LogP contribution in [-0.2, 0) is 7.05 Å². The number of nitrogens with zero attached hydrogens (tertiary/aromatic N) is 3. The van der Waals surface area contributed by atoms with Crippen LogP contribution >= 0.6 is 11.8 Å². The minimum absolute atomic E-state index is 1.07. The Morgan fingerprint density at radius 2 is 2.05 bits per heavy atom. The summed E-state index contributed by atoms with van der Waals surface area (Å²) in [6.07, 6.45) is 4.94. The van der Waals surface area contributed by atoms with Crippen LogP contribution in [0.2, 0.25) is 0 Å². The Morgan fingerprint density at radius 1 is 1.14 bits per heavy atom. The molecule has 0 spiro atoms. The van der Waals surface area contributed by atoms with Crippen molar-refractivity contribution in [2.75, 3.05) is 5.75 Å². The average Bonchev–Trinajstić information content (AvgIpc) is 3.14. The molecule has 3 heterocycles. The lowest BCUT2D eigenvalue weighted by atomic mass is 9.99. The fourth-order valence-electron chi connectivity index (χ4n) is 3.01. The molecule has 22 heavy (non-hydrogen) atoms. The first-order chi connectivity index (χ1) is 10.7. The summed E-state index contributed by atoms with van der Waals surface area (Å²) < 4.78 is 1.94. The third kappa shape index (κ3) is 2.24. The van der Waals surface area contributed by atoms with Gasteiger partial charge in [-0.05, 0) is 48.2 Å². The van der Waals surface area contributed by atoms with Crippen LogP contribution in [0, 0.1) is 6.92 Å². The highest BCUT2D eigenvalue weighted by Gasteiger charge is 2.19. The van der Waals surface area contributed by atoms with Crippen LogP contribution in [0.15, 0.2) is 42.7 Å². The second kappa shape index (κ2) is 5.29. The third-order valence-electron chi connectivity index (χ3n) is 4.13. The topological polar surface area (TPSA) is 30.7 Å². The molecule has 0 aliphatic carbocycles. The van der Waals surface area contributed by atoms with Crippen LogP contribution in [0.4, 0.5) is 0 Å². The summed E-state index contributed by atoms with van der Waals surface area (Å²) in [7, 11) is 2.00. The zero-order valence-corrected chi connectivity index (χ0v) is 13.5. The Kier molecular flexibility index (Phi) is 3.26. The Bertz CT molecular complexity index is 892. The van der Waals surface area contributed by atoms with Crippen LogP contribution in [0.5, 0.6) is 0 Å². The molecule has 0 saturated carbocycles. The van der Waals surface area contributed by atoms with E-state index in [0.29, 0.717) is 0 Å². The van der Waals surface area contributed by atoms with Crippen molar-refractivity contribution in [1.82, 2.24) is 14.8 Å². The predicted octanol–water partition coefficient (Wildman–Crippen LogP) is 4.28. The number of hydrogen-bond donors (Lipinski definition) is 0. The van der Waals surface area contributed by atoms with E-state index in [1.165, 1.54) is 32.5 Å². The standard InChI is InChI=1S/C18H17N3S/c1-12-9-14(5-7-19-12)18-16(6-8-22-18)13-3-4-15-11-20-21(2)17(15)10-13/h3-5,7,9-11H,6,8H2,1-2H3. The smallest absolute Gasteiger partial charge is 0.0685 e. The average molecular weight is 307 g/mol. The molecule has 2 aromatic heterocycles. The van der Waals surface area contributed by atoms with Gasteiger partial charge in [0.25, 0.3) is 0 Å². The van der Waals surface area contributed by atoms with Gasteiger partial charge in [-0.2, -0.15) is 5.10 Å². The van der Waals surface area contributed by atoms with Crippen LogP contribution in [-0.4, -0.2) is 20.5 Å². The van der Waals surface area contributed by atoms with Gasteiger partial charge < -0.3 is 0 Å². The molecule has 0 radical (unpaired) electrons. The molecule has 110 valence electrons. The van der Waals surface area contributed by atoms with E-state index in [0.717, 1.165) is 17.9 Å². The first-order valence-electron chi connectivity index (χ1n) is 7.43. The molecule has 0 fully saturated rings. The number of allylic oxidation sites excluding steroid dienone is 1. The molecule has 1 aliphatic heterocycles. The van der Waals surface area contributed by atoms with Crippen molar-refractivity contribution in [2.45, 2.75) is 13.3 Å². The van der Waals surface area contributed by atoms with Crippen LogP contribution in [0.25, 0.3) is 21.4 Å². The molecule has 3 nitrogen and oxygen atoms in total. The van der Waals surface area contributed by atoms with Gasteiger partial charge in [-0.15, -0.1) is 11.8 Å². The van der Waals surface area contributed by atoms with Gasteiger partial charge in [-0.1, -0.05) is 12.1 Å². The number of benzene rings is 1. The zero-order valence-electron chi connectivity index (χ0n) is 12.7. The maximum Gasteiger partial charge on any atom is 0.0685 e. The quantitative estimate of drug-likeness (QED) is 0.708. The van der Waals surface area contributed by atoms with Gasteiger partial charge in [0.05, 0.1) is 11.7 Å². The molecule has 0 N–H and O–H groups in total. The number of aromatic nitrogens is 3. The lowest BCUT2D eigenvalue weighted by molar-refractivity contribution is 0.797. The summed E-state index contributed by atoms with van der Waals surface area (Å²) in [4.78, 5) is 5.71. The summed E-state index contributed by atoms with van der Waals surface area (Å²) >= 11 is 1.95. The van der Waals surface area contributed by atoms with E-state index in [-0.39, 0.29) is 0 Å². The summed E-state index contributed by atoms with van der Waals surface area (Å²) in [5.74, 6) is 1.15. The fourth-order valence-corrected chi connectivity index (χ4v) is 4.21. The van der Waals surface area contributed by atoms with Gasteiger partial charge in [0.15, 0.2) is 0 Å². The second-order valence-electron chi connectivity index (χ2n) is 5.63. The van der Waals surface area contributed by atoms with Gasteiger partial charge in [0.2, 0.25) is 0 Å². The normalized spacial score (nSPS) is 15.0. The zero-order chi connectivity index (χ0) is 15.1. The van der Waals surface area contributed by atoms with Gasteiger partial charge in [0, 0.05) is 35.0 Å². The summed E-state index contributed by atoms with van der Waals surface area (Å²) in [5.41, 5.74) is 6.30. The van der Waals surface area contributed by atoms with Crippen molar-refractivity contribution in [1.29, 1.82) is 0 Å². The molecular weight excluding hydrogens is 290 g/mol. The molecular formula is C18H17N3S. The van der Waals surface area contributed by atoms with Crippen molar-refractivity contribution in [3.8, 4) is 0 Å². The molecule has 3 aromatic rings. The Morgan fingerprint density at radius 3 is 2.91 bits per heavy atom. The monoisotopic (exact) mass is 307 g/mol. The van der Waals surface area contributed by atoms with Crippen LogP contribution in [0.1, 0.15) is 23.2 Å². The maximum absolute atomic E-state index is 4.34. The SMILES string of the molecule is Cc1cc(C2=C(c3ccc4cnn(C)c4c3)CCS2)ccn1. The van der Waals surface area contributed by atoms with Crippen molar-refractivity contribution in [3.05, 3.63) is 59.5 Å². The van der Waals surface area contributed by atoms with E-state index < -0.39 is 0 Å². The van der Waals surface area contributed by atoms with Crippen molar-refractivity contribution < 1.29 is 0 Å². The summed E-state index contributed by atoms with van der Waals surface area (Å²) in [6.45, 7) is 2.05. The first kappa shape index (κ1) is 13.6. The lowest BCUT2D eigenvalue weighted by Gasteiger charge is -2.08. The summed E-state index contributed by atoms with van der Waals surface area (Å²) in [6, 6.07) is 10.9. The number of pyridine rings is 1. The molecule has 1 aliphatic rings. The van der Waals surface area contributed by atoms with Crippen molar-refractivity contribution in [2.24, 2.45) is 7.05 Å². The van der Waals surface area contributed by atoms with Gasteiger partial charge in [0.1, 0.15) is 0 Å². The number of rotatable bonds is 2. The van der Waals surface area contributed by atoms with Crippen LogP contribution < -0.4 is 0 Å². The highest BCUT2D eigenvalue weighted by molar-refractivity contribution is 8.08. The minimum Gasteiger partial charge on any atom is -0.268 e. The minimum atomic E-state index is 1.07. The van der Waals surface area contributed by atoms with Crippen LogP contribution in [0.3, 0.4) is 0 Å². The van der Waals surface area contributed by atoms with E-state index in [9.17, 15) is 0 Å². The molecule has 0 unspecified atom stereocenters. The molecule has 4 rings (SSSR count). The number of fused-ring (bicyclic) bond motifs is 1. The highest BCUT2D eigenvalue weighted by atomic mass is 32.2. The predicted molar refractivity (Wildman–Crippen MR) is 93.6 cm³/mol. The number of hydrogen-bond acceptors (Lipinski definition) is 3. The van der Waals surface area contributed by atoms with Gasteiger partial charge in [-0.25, -0.2) is 0 Å². The fraction of sp³-hybridized carbons (Fsp3) is 0.222. The van der Waals surface area contributed by atoms with E-state index in [1.54, 1.807) is 0 Å². The molecule has 0 amide bonds. The molecule has 1 aromatic carbocycles. The Balaban J connectivity index is 1.87. The molecule has 4 heteroatoms. The second-order valence-corrected chi connectivity index (χ2v) is 6.74. The van der Waals surface area contributed by atoms with Gasteiger partial charge in [-0.3, -0.25) is 9.67 Å². The van der Waals surface area contributed by atoms with E-state index >= 15 is 0 Å². The molecule has 0 atom stereocenters. The largest absolute Gasteiger partial charge is 0.268 e. The van der Waals surface area contributed by atoms with E-state index in [4.69, 9.17) is 0 Å². The number of thioether (sulfide) groups is 1. The lowest BCUT2D eigenvalue weighted by Crippen LogP contribution is -1.91. The van der Waals surface area contributed by atoms with Crippen molar-refractivity contribution in [3.63, 3.8) is 0 Å².